The first-order chi connectivity index (χ1) is 22.7. The summed E-state index contributed by atoms with van der Waals surface area (Å²) in [6, 6.07) is 29.2. The molecule has 0 unspecified atom stereocenters. The van der Waals surface area contributed by atoms with E-state index in [9.17, 15) is 4.79 Å². The van der Waals surface area contributed by atoms with Crippen molar-refractivity contribution in [3.63, 3.8) is 0 Å². The molecule has 2 N–H and O–H groups in total. The molecule has 240 valence electrons. The van der Waals surface area contributed by atoms with Crippen LogP contribution in [0.5, 0.6) is 0 Å². The van der Waals surface area contributed by atoms with Crippen LogP contribution in [0, 0.1) is 17.2 Å². The first kappa shape index (κ1) is 33.9. The van der Waals surface area contributed by atoms with Gasteiger partial charge < -0.3 is 20.1 Å². The third-order valence-electron chi connectivity index (χ3n) is 7.82. The molecular formula is C37H36Cl2N6OS. The summed E-state index contributed by atoms with van der Waals surface area (Å²) in [5.74, 6) is 0.215. The molecule has 0 fully saturated rings. The fourth-order valence-electron chi connectivity index (χ4n) is 5.54. The molecule has 4 aromatic carbocycles. The highest BCUT2D eigenvalue weighted by Crippen LogP contribution is 2.27. The van der Waals surface area contributed by atoms with Gasteiger partial charge in [0.25, 0.3) is 0 Å². The standard InChI is InChI=1S/C37H36Cl2N6OS/c1-25(2)16-32(42-35(46)18-33-20-41-24-45(33)21-27-12-10-26(19-40)11-13-27)23-44(22-30-8-5-9-34(38)36(30)39)37(47)43-31-15-14-28-6-3-4-7-29(28)17-31/h3-15,17,20,24-25,32H,16,18,21-23H2,1-2H3,(H,42,46)(H,43,47)/t32-/m0/s1. The van der Waals surface area contributed by atoms with Gasteiger partial charge in [-0.3, -0.25) is 4.79 Å². The number of thiocarbonyl (C=S) groups is 1. The molecule has 0 aliphatic carbocycles. The van der Waals surface area contributed by atoms with Crippen LogP contribution in [0.1, 0.15) is 42.7 Å². The van der Waals surface area contributed by atoms with Crippen LogP contribution >= 0.6 is 35.4 Å². The second kappa shape index (κ2) is 15.9. The molecule has 1 amide bonds. The van der Waals surface area contributed by atoms with Crippen LogP contribution in [0.4, 0.5) is 5.69 Å². The minimum atomic E-state index is -0.202. The molecule has 0 saturated heterocycles. The summed E-state index contributed by atoms with van der Waals surface area (Å²) >= 11 is 19.0. The highest BCUT2D eigenvalue weighted by Gasteiger charge is 2.22. The lowest BCUT2D eigenvalue weighted by atomic mass is 10.0. The van der Waals surface area contributed by atoms with Crippen molar-refractivity contribution < 1.29 is 4.79 Å². The van der Waals surface area contributed by atoms with Gasteiger partial charge in [0, 0.05) is 43.3 Å². The van der Waals surface area contributed by atoms with Gasteiger partial charge in [0.15, 0.2) is 5.11 Å². The average Bonchev–Trinajstić information content (AvgIpc) is 3.48. The number of halogens is 2. The maximum Gasteiger partial charge on any atom is 0.226 e. The molecule has 0 bridgehead atoms. The number of hydrogen-bond acceptors (Lipinski definition) is 4. The number of rotatable bonds is 12. The Morgan fingerprint density at radius 2 is 1.79 bits per heavy atom. The number of nitrogens with zero attached hydrogens (tertiary/aromatic N) is 4. The third-order valence-corrected chi connectivity index (χ3v) is 9.04. The Labute approximate surface area is 291 Å². The summed E-state index contributed by atoms with van der Waals surface area (Å²) in [6.07, 6.45) is 4.36. The fourth-order valence-corrected chi connectivity index (χ4v) is 6.18. The number of anilines is 1. The van der Waals surface area contributed by atoms with E-state index in [1.165, 1.54) is 0 Å². The zero-order valence-corrected chi connectivity index (χ0v) is 28.6. The molecule has 1 heterocycles. The van der Waals surface area contributed by atoms with Gasteiger partial charge in [-0.1, -0.05) is 91.6 Å². The van der Waals surface area contributed by atoms with Crippen molar-refractivity contribution in [2.75, 3.05) is 11.9 Å². The van der Waals surface area contributed by atoms with Crippen LogP contribution in [-0.2, 0) is 24.3 Å². The molecule has 5 rings (SSSR count). The average molecular weight is 684 g/mol. The SMILES string of the molecule is CC(C)C[C@@H](CN(Cc1cccc(Cl)c1Cl)C(=S)Nc1ccc2ccccc2c1)NC(=O)Cc1cncn1Cc1ccc(C#N)cc1. The predicted octanol–water partition coefficient (Wildman–Crippen LogP) is 8.24. The van der Waals surface area contributed by atoms with E-state index < -0.39 is 0 Å². The molecule has 47 heavy (non-hydrogen) atoms. The summed E-state index contributed by atoms with van der Waals surface area (Å²) in [5.41, 5.74) is 4.13. The van der Waals surface area contributed by atoms with Crippen LogP contribution in [-0.4, -0.2) is 38.1 Å². The highest BCUT2D eigenvalue weighted by atomic mass is 35.5. The largest absolute Gasteiger partial charge is 0.351 e. The minimum absolute atomic E-state index is 0.105. The van der Waals surface area contributed by atoms with Gasteiger partial charge in [-0.25, -0.2) is 4.98 Å². The molecule has 0 aliphatic rings. The normalized spacial score (nSPS) is 11.7. The van der Waals surface area contributed by atoms with Crippen LogP contribution in [0.2, 0.25) is 10.0 Å². The Morgan fingerprint density at radius 1 is 1.02 bits per heavy atom. The number of benzene rings is 4. The van der Waals surface area contributed by atoms with Gasteiger partial charge >= 0.3 is 0 Å². The van der Waals surface area contributed by atoms with E-state index in [-0.39, 0.29) is 18.4 Å². The lowest BCUT2D eigenvalue weighted by Gasteiger charge is -2.32. The van der Waals surface area contributed by atoms with Crippen molar-refractivity contribution in [3.05, 3.63) is 130 Å². The summed E-state index contributed by atoms with van der Waals surface area (Å²) in [7, 11) is 0. The molecule has 10 heteroatoms. The van der Waals surface area contributed by atoms with Crippen LogP contribution in [0.3, 0.4) is 0 Å². The summed E-state index contributed by atoms with van der Waals surface area (Å²) < 4.78 is 1.95. The zero-order chi connectivity index (χ0) is 33.3. The summed E-state index contributed by atoms with van der Waals surface area (Å²) in [6.45, 7) is 5.68. The topological polar surface area (TPSA) is 86.0 Å². The first-order valence-corrected chi connectivity index (χ1v) is 16.6. The van der Waals surface area contributed by atoms with Crippen LogP contribution < -0.4 is 10.6 Å². The maximum absolute atomic E-state index is 13.5. The van der Waals surface area contributed by atoms with E-state index in [2.05, 4.69) is 59.8 Å². The van der Waals surface area contributed by atoms with Gasteiger partial charge in [-0.15, -0.1) is 0 Å². The number of fused-ring (bicyclic) bond motifs is 1. The number of amides is 1. The minimum Gasteiger partial charge on any atom is -0.351 e. The van der Waals surface area contributed by atoms with Crippen molar-refractivity contribution in [2.45, 2.75) is 45.8 Å². The molecule has 0 aliphatic heterocycles. The molecule has 0 spiro atoms. The van der Waals surface area contributed by atoms with Gasteiger partial charge in [0.2, 0.25) is 5.91 Å². The molecule has 7 nitrogen and oxygen atoms in total. The van der Waals surface area contributed by atoms with Gasteiger partial charge in [0.1, 0.15) is 0 Å². The number of hydrogen-bond donors (Lipinski definition) is 2. The molecule has 5 aromatic rings. The third kappa shape index (κ3) is 9.32. The number of carbonyl (C=O) groups excluding carboxylic acids is 1. The van der Waals surface area contributed by atoms with Gasteiger partial charge in [0.05, 0.1) is 34.4 Å². The quantitative estimate of drug-likeness (QED) is 0.129. The molecule has 0 radical (unpaired) electrons. The van der Waals surface area contributed by atoms with E-state index in [4.69, 9.17) is 40.7 Å². The second-order valence-electron chi connectivity index (χ2n) is 12.0. The fraction of sp³-hybridized carbons (Fsp3) is 0.243. The Hall–Kier alpha value is -4.42. The summed E-state index contributed by atoms with van der Waals surface area (Å²) in [5, 5.41) is 19.5. The van der Waals surface area contributed by atoms with E-state index in [1.54, 1.807) is 30.7 Å². The molecule has 1 aromatic heterocycles. The molecule has 1 atom stereocenters. The second-order valence-corrected chi connectivity index (χ2v) is 13.1. The van der Waals surface area contributed by atoms with Crippen molar-refractivity contribution in [2.24, 2.45) is 5.92 Å². The number of aromatic nitrogens is 2. The first-order valence-electron chi connectivity index (χ1n) is 15.4. The van der Waals surface area contributed by atoms with E-state index in [1.807, 2.05) is 51.9 Å². The Bertz CT molecular complexity index is 1900. The van der Waals surface area contributed by atoms with Crippen LogP contribution in [0.15, 0.2) is 97.5 Å². The Kier molecular flexibility index (Phi) is 11.5. The van der Waals surface area contributed by atoms with Crippen molar-refractivity contribution >= 4 is 62.9 Å². The van der Waals surface area contributed by atoms with Gasteiger partial charge in [-0.05, 0) is 76.8 Å². The predicted molar refractivity (Wildman–Crippen MR) is 195 cm³/mol. The zero-order valence-electron chi connectivity index (χ0n) is 26.3. The number of nitrogens with one attached hydrogen (secondary N) is 2. The van der Waals surface area contributed by atoms with Crippen molar-refractivity contribution in [1.29, 1.82) is 5.26 Å². The monoisotopic (exact) mass is 682 g/mol. The van der Waals surface area contributed by atoms with E-state index in [0.717, 1.165) is 39.7 Å². The lowest BCUT2D eigenvalue weighted by molar-refractivity contribution is -0.121. The number of imidazole rings is 1. The lowest BCUT2D eigenvalue weighted by Crippen LogP contribution is -2.47. The Balaban J connectivity index is 1.33. The molecule has 0 saturated carbocycles. The van der Waals surface area contributed by atoms with E-state index >= 15 is 0 Å². The van der Waals surface area contributed by atoms with E-state index in [0.29, 0.717) is 46.3 Å². The van der Waals surface area contributed by atoms with Crippen LogP contribution in [0.25, 0.3) is 10.8 Å². The molecular weight excluding hydrogens is 647 g/mol. The smallest absolute Gasteiger partial charge is 0.226 e. The summed E-state index contributed by atoms with van der Waals surface area (Å²) in [4.78, 5) is 19.9. The highest BCUT2D eigenvalue weighted by molar-refractivity contribution is 7.80. The Morgan fingerprint density at radius 3 is 2.53 bits per heavy atom. The number of carbonyl (C=O) groups is 1. The maximum atomic E-state index is 13.5. The number of nitriles is 1. The van der Waals surface area contributed by atoms with Crippen molar-refractivity contribution in [3.8, 4) is 6.07 Å². The van der Waals surface area contributed by atoms with Gasteiger partial charge in [-0.2, -0.15) is 5.26 Å². The van der Waals surface area contributed by atoms with Crippen molar-refractivity contribution in [1.82, 2.24) is 19.8 Å².